The first kappa shape index (κ1) is 17.7. The van der Waals surface area contributed by atoms with Crippen LogP contribution in [0.2, 0.25) is 0 Å². The van der Waals surface area contributed by atoms with E-state index in [2.05, 4.69) is 20.3 Å². The number of hydrogen-bond acceptors (Lipinski definition) is 4. The minimum absolute atomic E-state index is 0.0173. The van der Waals surface area contributed by atoms with Gasteiger partial charge in [-0.05, 0) is 18.2 Å². The highest BCUT2D eigenvalue weighted by Crippen LogP contribution is 2.30. The molecule has 9 heteroatoms. The van der Waals surface area contributed by atoms with E-state index in [1.165, 1.54) is 24.5 Å². The van der Waals surface area contributed by atoms with Crippen LogP contribution < -0.4 is 5.32 Å². The molecule has 3 aromatic rings. The second-order valence-corrected chi connectivity index (χ2v) is 5.31. The lowest BCUT2D eigenvalue weighted by atomic mass is 10.2. The van der Waals surface area contributed by atoms with Crippen molar-refractivity contribution >= 4 is 5.82 Å². The van der Waals surface area contributed by atoms with E-state index in [4.69, 9.17) is 0 Å². The lowest BCUT2D eigenvalue weighted by Crippen LogP contribution is -2.07. The van der Waals surface area contributed by atoms with E-state index in [1.54, 1.807) is 0 Å². The molecule has 0 radical (unpaired) electrons. The van der Waals surface area contributed by atoms with Crippen LogP contribution in [0.4, 0.5) is 27.8 Å². The van der Waals surface area contributed by atoms with E-state index in [0.717, 1.165) is 18.2 Å². The summed E-state index contributed by atoms with van der Waals surface area (Å²) in [7, 11) is 0. The molecule has 134 valence electrons. The van der Waals surface area contributed by atoms with Crippen LogP contribution in [0.3, 0.4) is 0 Å². The van der Waals surface area contributed by atoms with Gasteiger partial charge in [-0.2, -0.15) is 13.2 Å². The number of aromatic nitrogens is 3. The van der Waals surface area contributed by atoms with Crippen molar-refractivity contribution < 1.29 is 22.0 Å². The molecule has 0 atom stereocenters. The zero-order valence-electron chi connectivity index (χ0n) is 13.1. The van der Waals surface area contributed by atoms with Gasteiger partial charge in [-0.3, -0.25) is 4.98 Å². The van der Waals surface area contributed by atoms with Crippen LogP contribution in [0.15, 0.2) is 48.9 Å². The number of anilines is 1. The van der Waals surface area contributed by atoms with Crippen LogP contribution in [0.25, 0.3) is 11.4 Å². The van der Waals surface area contributed by atoms with Gasteiger partial charge in [-0.25, -0.2) is 18.7 Å². The summed E-state index contributed by atoms with van der Waals surface area (Å²) >= 11 is 0. The van der Waals surface area contributed by atoms with E-state index in [9.17, 15) is 22.0 Å². The minimum atomic E-state index is -4.53. The maximum absolute atomic E-state index is 13.6. The molecule has 1 aromatic carbocycles. The Morgan fingerprint density at radius 3 is 2.54 bits per heavy atom. The predicted octanol–water partition coefficient (Wildman–Crippen LogP) is 4.45. The van der Waals surface area contributed by atoms with Gasteiger partial charge in [0.2, 0.25) is 0 Å². The molecule has 2 heterocycles. The Labute approximate surface area is 144 Å². The summed E-state index contributed by atoms with van der Waals surface area (Å²) in [6.45, 7) is 0.0173. The van der Waals surface area contributed by atoms with Crippen LogP contribution in [0.5, 0.6) is 0 Å². The van der Waals surface area contributed by atoms with Crippen LogP contribution >= 0.6 is 0 Å². The van der Waals surface area contributed by atoms with Crippen molar-refractivity contribution in [2.75, 3.05) is 5.32 Å². The van der Waals surface area contributed by atoms with Gasteiger partial charge in [-0.15, -0.1) is 0 Å². The molecular formula is C17H11F5N4. The van der Waals surface area contributed by atoms with Crippen molar-refractivity contribution in [2.45, 2.75) is 12.7 Å². The first-order chi connectivity index (χ1) is 12.3. The van der Waals surface area contributed by atoms with Gasteiger partial charge < -0.3 is 5.32 Å². The average molecular weight is 366 g/mol. The zero-order chi connectivity index (χ0) is 18.7. The molecule has 0 aliphatic heterocycles. The van der Waals surface area contributed by atoms with Crippen molar-refractivity contribution in [3.05, 3.63) is 71.7 Å². The zero-order valence-corrected chi connectivity index (χ0v) is 13.1. The fourth-order valence-corrected chi connectivity index (χ4v) is 2.16. The number of pyridine rings is 1. The molecule has 2 aromatic heterocycles. The second kappa shape index (κ2) is 7.03. The van der Waals surface area contributed by atoms with Gasteiger partial charge in [0.15, 0.2) is 5.82 Å². The summed E-state index contributed by atoms with van der Waals surface area (Å²) in [6.07, 6.45) is -1.25. The van der Waals surface area contributed by atoms with Crippen molar-refractivity contribution in [3.63, 3.8) is 0 Å². The fraction of sp³-hybridized carbons (Fsp3) is 0.118. The summed E-state index contributed by atoms with van der Waals surface area (Å²) in [4.78, 5) is 11.6. The summed E-state index contributed by atoms with van der Waals surface area (Å²) in [5, 5.41) is 2.82. The molecule has 4 nitrogen and oxygen atoms in total. The molecule has 0 fully saturated rings. The smallest absolute Gasteiger partial charge is 0.366 e. The molecule has 1 N–H and O–H groups in total. The molecule has 0 unspecified atom stereocenters. The molecule has 0 saturated carbocycles. The van der Waals surface area contributed by atoms with Crippen molar-refractivity contribution in [1.29, 1.82) is 0 Å². The van der Waals surface area contributed by atoms with Gasteiger partial charge in [0, 0.05) is 42.3 Å². The number of benzene rings is 1. The Bertz CT molecular complexity index is 927. The molecule has 0 aliphatic carbocycles. The molecule has 0 aliphatic rings. The van der Waals surface area contributed by atoms with E-state index < -0.39 is 23.4 Å². The Balaban J connectivity index is 1.80. The minimum Gasteiger partial charge on any atom is -0.366 e. The van der Waals surface area contributed by atoms with Gasteiger partial charge in [-0.1, -0.05) is 6.07 Å². The first-order valence-electron chi connectivity index (χ1n) is 7.36. The highest BCUT2D eigenvalue weighted by molar-refractivity contribution is 5.56. The van der Waals surface area contributed by atoms with Crippen LogP contribution in [-0.2, 0) is 12.7 Å². The topological polar surface area (TPSA) is 50.7 Å². The Kier molecular flexibility index (Phi) is 4.79. The van der Waals surface area contributed by atoms with Crippen molar-refractivity contribution in [1.82, 2.24) is 15.0 Å². The molecule has 26 heavy (non-hydrogen) atoms. The van der Waals surface area contributed by atoms with Crippen LogP contribution in [0, 0.1) is 11.6 Å². The SMILES string of the molecule is Fc1ccc(CNc2ccnc(-c3cncc(C(F)(F)F)c3)n2)c(F)c1. The Morgan fingerprint density at radius 1 is 1.00 bits per heavy atom. The van der Waals surface area contributed by atoms with Crippen LogP contribution in [0.1, 0.15) is 11.1 Å². The summed E-state index contributed by atoms with van der Waals surface area (Å²) in [6, 6.07) is 5.55. The number of rotatable bonds is 4. The Hall–Kier alpha value is -3.10. The average Bonchev–Trinajstić information content (AvgIpc) is 2.61. The highest BCUT2D eigenvalue weighted by atomic mass is 19.4. The maximum atomic E-state index is 13.6. The van der Waals surface area contributed by atoms with Crippen LogP contribution in [-0.4, -0.2) is 15.0 Å². The second-order valence-electron chi connectivity index (χ2n) is 5.31. The predicted molar refractivity (Wildman–Crippen MR) is 83.9 cm³/mol. The van der Waals surface area contributed by atoms with Gasteiger partial charge in [0.05, 0.1) is 5.56 Å². The third-order valence-electron chi connectivity index (χ3n) is 3.45. The number of halogens is 5. The van der Waals surface area contributed by atoms with Crippen molar-refractivity contribution in [3.8, 4) is 11.4 Å². The number of hydrogen-bond donors (Lipinski definition) is 1. The number of alkyl halides is 3. The molecule has 0 amide bonds. The molecular weight excluding hydrogens is 355 g/mol. The highest BCUT2D eigenvalue weighted by Gasteiger charge is 2.31. The van der Waals surface area contributed by atoms with Gasteiger partial charge >= 0.3 is 6.18 Å². The molecule has 3 rings (SSSR count). The van der Waals surface area contributed by atoms with E-state index in [0.29, 0.717) is 6.20 Å². The van der Waals surface area contributed by atoms with E-state index >= 15 is 0 Å². The number of nitrogens with one attached hydrogen (secondary N) is 1. The largest absolute Gasteiger partial charge is 0.417 e. The Morgan fingerprint density at radius 2 is 1.81 bits per heavy atom. The summed E-state index contributed by atoms with van der Waals surface area (Å²) in [5.41, 5.74) is -0.603. The molecule has 0 spiro atoms. The summed E-state index contributed by atoms with van der Waals surface area (Å²) < 4.78 is 64.9. The number of nitrogens with zero attached hydrogens (tertiary/aromatic N) is 3. The third-order valence-corrected chi connectivity index (χ3v) is 3.45. The van der Waals surface area contributed by atoms with Gasteiger partial charge in [0.25, 0.3) is 0 Å². The quantitative estimate of drug-likeness (QED) is 0.694. The summed E-state index contributed by atoms with van der Waals surface area (Å²) in [5.74, 6) is -1.09. The lowest BCUT2D eigenvalue weighted by molar-refractivity contribution is -0.137. The maximum Gasteiger partial charge on any atom is 0.417 e. The standard InChI is InChI=1S/C17H11F5N4/c18-13-2-1-10(14(19)6-13)8-25-15-3-4-24-16(26-15)11-5-12(9-23-7-11)17(20,21)22/h1-7,9H,8H2,(H,24,25,26). The first-order valence-corrected chi connectivity index (χ1v) is 7.36. The normalized spacial score (nSPS) is 11.4. The third kappa shape index (κ3) is 4.11. The van der Waals surface area contributed by atoms with Gasteiger partial charge in [0.1, 0.15) is 17.5 Å². The van der Waals surface area contributed by atoms with Crippen molar-refractivity contribution in [2.24, 2.45) is 0 Å². The lowest BCUT2D eigenvalue weighted by Gasteiger charge is -2.09. The molecule has 0 bridgehead atoms. The fourth-order valence-electron chi connectivity index (χ4n) is 2.16. The van der Waals surface area contributed by atoms with E-state index in [-0.39, 0.29) is 29.3 Å². The molecule has 0 saturated heterocycles. The monoisotopic (exact) mass is 366 g/mol. The van der Waals surface area contributed by atoms with E-state index in [1.807, 2.05) is 0 Å².